The van der Waals surface area contributed by atoms with Gasteiger partial charge in [-0.2, -0.15) is 0 Å². The van der Waals surface area contributed by atoms with Crippen molar-refractivity contribution in [2.24, 2.45) is 0 Å². The van der Waals surface area contributed by atoms with E-state index in [9.17, 15) is 0 Å². The van der Waals surface area contributed by atoms with Crippen molar-refractivity contribution in [1.29, 1.82) is 0 Å². The first-order valence-corrected chi connectivity index (χ1v) is 16.3. The number of hydrogen-bond acceptors (Lipinski definition) is 2. The molecule has 2 nitrogen and oxygen atoms in total. The molecule has 0 heterocycles. The van der Waals surface area contributed by atoms with Crippen LogP contribution in [0.2, 0.25) is 0 Å². The van der Waals surface area contributed by atoms with E-state index >= 15 is 0 Å². The Labute approximate surface area is 135 Å². The normalized spacial score (nSPS) is 10.8. The van der Waals surface area contributed by atoms with Crippen LogP contribution in [0.15, 0.2) is 52.1 Å². The number of benzene rings is 2. The molecule has 100 valence electrons. The maximum atomic E-state index is 6.13. The number of ether oxygens (including phenoxy) is 2. The van der Waals surface area contributed by atoms with Crippen molar-refractivity contribution in [2.75, 3.05) is 14.2 Å². The summed E-state index contributed by atoms with van der Waals surface area (Å²) in [6, 6.07) is 16.1. The van der Waals surface area contributed by atoms with Crippen molar-refractivity contribution >= 4 is 13.8 Å². The summed E-state index contributed by atoms with van der Waals surface area (Å²) in [5.41, 5.74) is 3.37. The topological polar surface area (TPSA) is 18.5 Å². The summed E-state index contributed by atoms with van der Waals surface area (Å²) in [6.45, 7) is 0. The van der Waals surface area contributed by atoms with E-state index in [1.54, 1.807) is 14.2 Å². The molecule has 0 saturated carbocycles. The Balaban J connectivity index is 2.53. The number of halogens is 1. The van der Waals surface area contributed by atoms with E-state index in [4.69, 9.17) is 17.7 Å². The molecule has 2 aromatic carbocycles. The molecule has 0 aliphatic rings. The molecule has 4 heteroatoms. The molecule has 0 bridgehead atoms. The van der Waals surface area contributed by atoms with E-state index in [2.05, 4.69) is 15.7 Å². The monoisotopic (exact) mass is 476 g/mol. The van der Waals surface area contributed by atoms with E-state index in [1.807, 2.05) is 36.4 Å². The van der Waals surface area contributed by atoms with E-state index < -0.39 is 23.3 Å². The minimum atomic E-state index is -1.44. The molecule has 2 aromatic rings. The van der Waals surface area contributed by atoms with Crippen LogP contribution < -0.4 is 9.47 Å². The van der Waals surface area contributed by atoms with E-state index in [0.29, 0.717) is 0 Å². The predicted octanol–water partition coefficient (Wildman–Crippen LogP) is 4.33. The van der Waals surface area contributed by atoms with E-state index in [0.717, 1.165) is 28.2 Å². The van der Waals surface area contributed by atoms with Crippen LogP contribution >= 0.6 is 8.25 Å². The molecule has 0 aromatic heterocycles. The van der Waals surface area contributed by atoms with Gasteiger partial charge in [-0.3, -0.25) is 0 Å². The van der Waals surface area contributed by atoms with E-state index in [1.165, 1.54) is 0 Å². The third-order valence-corrected chi connectivity index (χ3v) is 6.61. The van der Waals surface area contributed by atoms with Gasteiger partial charge in [-0.15, -0.1) is 0 Å². The van der Waals surface area contributed by atoms with Crippen LogP contribution in [-0.4, -0.2) is 14.2 Å². The Morgan fingerprint density at radius 2 is 1.80 bits per heavy atom. The summed E-state index contributed by atoms with van der Waals surface area (Å²) in [6.07, 6.45) is 0. The molecule has 0 aliphatic carbocycles. The second-order valence-corrected chi connectivity index (χ2v) is 9.70. The molecule has 0 unspecified atom stereocenters. The fourth-order valence-electron chi connectivity index (χ4n) is 2.10. The second-order valence-electron chi connectivity index (χ2n) is 4.20. The maximum absolute atomic E-state index is 6.13. The van der Waals surface area contributed by atoms with Crippen molar-refractivity contribution in [3.63, 3.8) is 0 Å². The van der Waals surface area contributed by atoms with Crippen LogP contribution in [0.3, 0.4) is 0 Å². The Kier molecular flexibility index (Phi) is 5.93. The van der Waals surface area contributed by atoms with Gasteiger partial charge in [-0.1, -0.05) is 0 Å². The van der Waals surface area contributed by atoms with Crippen molar-refractivity contribution in [3.8, 4) is 11.5 Å². The Bertz CT molecular complexity index is 597. The molecule has 20 heavy (non-hydrogen) atoms. The van der Waals surface area contributed by atoms with Crippen molar-refractivity contribution in [2.45, 2.75) is 0 Å². The molecule has 0 atom stereocenters. The Hall–Kier alpha value is -0.995. The molecule has 0 aliphatic heterocycles. The molecule has 0 radical (unpaired) electrons. The molecule has 0 saturated heterocycles. The third kappa shape index (κ3) is 3.55. The van der Waals surface area contributed by atoms with Crippen molar-refractivity contribution < 1.29 is 32.8 Å². The molecule has 0 N–H and O–H groups in total. The first kappa shape index (κ1) is 15.4. The summed E-state index contributed by atoms with van der Waals surface area (Å²) < 4.78 is 13.0. The zero-order valence-electron chi connectivity index (χ0n) is 11.6. The van der Waals surface area contributed by atoms with Gasteiger partial charge >= 0.3 is 136 Å². The number of methoxy groups -OCH3 is 2. The van der Waals surface area contributed by atoms with Gasteiger partial charge in [-0.05, 0) is 0 Å². The average Bonchev–Trinajstić information content (AvgIpc) is 2.53. The zero-order valence-corrected chi connectivity index (χ0v) is 17.9. The van der Waals surface area contributed by atoms with Gasteiger partial charge in [0.1, 0.15) is 0 Å². The van der Waals surface area contributed by atoms with Crippen LogP contribution in [0.4, 0.5) is 0 Å². The molecule has 0 spiro atoms. The quantitative estimate of drug-likeness (QED) is 0.600. The van der Waals surface area contributed by atoms with Crippen LogP contribution in [0, 0.1) is 0 Å². The fraction of sp³-hybridized carbons (Fsp3) is 0.125. The summed E-state index contributed by atoms with van der Waals surface area (Å²) in [5, 5.41) is 0. The first-order chi connectivity index (χ1) is 9.80. The summed E-state index contributed by atoms with van der Waals surface area (Å²) >= 11 is -1.44. The van der Waals surface area contributed by atoms with Crippen molar-refractivity contribution in [1.82, 2.24) is 0 Å². The van der Waals surface area contributed by atoms with Gasteiger partial charge in [0.15, 0.2) is 0 Å². The van der Waals surface area contributed by atoms with E-state index in [-0.39, 0.29) is 0 Å². The average molecular weight is 475 g/mol. The standard InChI is InChI=1S/C16H15O2.ClH.Hg/c1-12(13-7-5-4-6-8-13)15-10-9-14(17-2)11-16(15)18-3;;/h1,4-11H,2-3H3;1H;/q;;+1/p-1. The van der Waals surface area contributed by atoms with Crippen molar-refractivity contribution in [3.05, 3.63) is 63.2 Å². The molecule has 0 amide bonds. The third-order valence-electron chi connectivity index (χ3n) is 3.06. The van der Waals surface area contributed by atoms with Gasteiger partial charge in [0, 0.05) is 0 Å². The van der Waals surface area contributed by atoms with Gasteiger partial charge < -0.3 is 0 Å². The van der Waals surface area contributed by atoms with Crippen LogP contribution in [-0.2, 0) is 23.3 Å². The van der Waals surface area contributed by atoms with Gasteiger partial charge in [0.2, 0.25) is 0 Å². The second kappa shape index (κ2) is 7.70. The molecular weight excluding hydrogens is 460 g/mol. The fourth-order valence-corrected chi connectivity index (χ4v) is 5.82. The van der Waals surface area contributed by atoms with Crippen LogP contribution in [0.1, 0.15) is 11.1 Å². The first-order valence-electron chi connectivity index (χ1n) is 6.34. The van der Waals surface area contributed by atoms with Crippen LogP contribution in [0.5, 0.6) is 11.5 Å². The Morgan fingerprint density at radius 1 is 1.05 bits per heavy atom. The molecule has 2 rings (SSSR count). The summed E-state index contributed by atoms with van der Waals surface area (Å²) in [7, 11) is 9.45. The summed E-state index contributed by atoms with van der Waals surface area (Å²) in [4.78, 5) is 0. The summed E-state index contributed by atoms with van der Waals surface area (Å²) in [5.74, 6) is 1.59. The Morgan fingerprint density at radius 3 is 2.40 bits per heavy atom. The SMILES string of the molecule is COc1ccc(/C(=[CH]/[Hg][Cl])c2ccccc2)c(OC)c1. The van der Waals surface area contributed by atoms with Gasteiger partial charge in [-0.25, -0.2) is 0 Å². The van der Waals surface area contributed by atoms with Gasteiger partial charge in [0.05, 0.1) is 0 Å². The predicted molar refractivity (Wildman–Crippen MR) is 78.9 cm³/mol. The van der Waals surface area contributed by atoms with Crippen LogP contribution in [0.25, 0.3) is 5.57 Å². The molecule has 0 fully saturated rings. The minimum absolute atomic E-state index is 0.786. The zero-order chi connectivity index (χ0) is 14.4. The number of rotatable bonds is 5. The van der Waals surface area contributed by atoms with Gasteiger partial charge in [0.25, 0.3) is 0 Å². The molecular formula is C16H15ClHgO2. The number of hydrogen-bond donors (Lipinski definition) is 0.